The fourth-order valence-corrected chi connectivity index (χ4v) is 5.07. The molecule has 1 aromatic heterocycles. The fraction of sp³-hybridized carbons (Fsp3) is 0.500. The third-order valence-electron chi connectivity index (χ3n) is 6.93. The third kappa shape index (κ3) is 6.16. The summed E-state index contributed by atoms with van der Waals surface area (Å²) in [6.45, 7) is 1.75. The Bertz CT molecular complexity index is 1040. The lowest BCUT2D eigenvalue weighted by Gasteiger charge is -2.22. The van der Waals surface area contributed by atoms with E-state index in [1.807, 2.05) is 18.2 Å². The van der Waals surface area contributed by atoms with Gasteiger partial charge in [-0.15, -0.1) is 0 Å². The summed E-state index contributed by atoms with van der Waals surface area (Å²) < 4.78 is 7.75. The zero-order chi connectivity index (χ0) is 22.9. The summed E-state index contributed by atoms with van der Waals surface area (Å²) in [5, 5.41) is 3.02. The number of unbranched alkanes of at least 4 members (excludes halogenated alkanes) is 2. The second kappa shape index (κ2) is 11.9. The van der Waals surface area contributed by atoms with Crippen LogP contribution in [0.15, 0.2) is 48.5 Å². The van der Waals surface area contributed by atoms with Gasteiger partial charge in [-0.3, -0.25) is 4.79 Å². The van der Waals surface area contributed by atoms with Crippen molar-refractivity contribution in [3.63, 3.8) is 0 Å². The number of nitrogens with zero attached hydrogens (tertiary/aromatic N) is 2. The molecule has 0 saturated heterocycles. The number of benzene rings is 2. The number of carbonyl (C=O) groups is 1. The number of aromatic nitrogens is 2. The van der Waals surface area contributed by atoms with Gasteiger partial charge in [0.15, 0.2) is 0 Å². The molecule has 1 aliphatic carbocycles. The molecule has 3 aromatic rings. The molecule has 1 amide bonds. The van der Waals surface area contributed by atoms with E-state index in [9.17, 15) is 4.79 Å². The topological polar surface area (TPSA) is 56.1 Å². The summed E-state index contributed by atoms with van der Waals surface area (Å²) in [5.41, 5.74) is 2.97. The number of fused-ring (bicyclic) bond motifs is 1. The molecule has 0 bridgehead atoms. The largest absolute Gasteiger partial charge is 0.496 e. The summed E-state index contributed by atoms with van der Waals surface area (Å²) in [7, 11) is 1.59. The molecule has 0 aliphatic heterocycles. The average Bonchev–Trinajstić information content (AvgIpc) is 3.22. The predicted octanol–water partition coefficient (Wildman–Crippen LogP) is 6.16. The van der Waals surface area contributed by atoms with Gasteiger partial charge in [0, 0.05) is 19.5 Å². The molecule has 0 unspecified atom stereocenters. The van der Waals surface area contributed by atoms with E-state index in [1.165, 1.54) is 49.9 Å². The van der Waals surface area contributed by atoms with Crippen LogP contribution >= 0.6 is 0 Å². The predicted molar refractivity (Wildman–Crippen MR) is 134 cm³/mol. The van der Waals surface area contributed by atoms with Crippen LogP contribution in [0.25, 0.3) is 11.0 Å². The van der Waals surface area contributed by atoms with Crippen LogP contribution < -0.4 is 10.1 Å². The molecule has 2 aromatic carbocycles. The molecule has 33 heavy (non-hydrogen) atoms. The van der Waals surface area contributed by atoms with E-state index < -0.39 is 0 Å². The summed E-state index contributed by atoms with van der Waals surface area (Å²) in [6.07, 6.45) is 12.4. The Morgan fingerprint density at radius 3 is 2.67 bits per heavy atom. The van der Waals surface area contributed by atoms with Gasteiger partial charge in [-0.05, 0) is 49.4 Å². The highest BCUT2D eigenvalue weighted by Gasteiger charge is 2.16. The van der Waals surface area contributed by atoms with Crippen LogP contribution in [0.4, 0.5) is 0 Å². The van der Waals surface area contributed by atoms with Gasteiger partial charge in [0.05, 0.1) is 23.7 Å². The van der Waals surface area contributed by atoms with Crippen LogP contribution in [-0.4, -0.2) is 29.1 Å². The maximum atomic E-state index is 12.4. The monoisotopic (exact) mass is 447 g/mol. The first-order valence-electron chi connectivity index (χ1n) is 12.6. The maximum absolute atomic E-state index is 12.4. The number of imidazole rings is 1. The van der Waals surface area contributed by atoms with Crippen molar-refractivity contribution in [2.75, 3.05) is 13.7 Å². The van der Waals surface area contributed by atoms with Gasteiger partial charge in [0.2, 0.25) is 0 Å². The highest BCUT2D eigenvalue weighted by molar-refractivity contribution is 5.96. The number of amides is 1. The van der Waals surface area contributed by atoms with Gasteiger partial charge >= 0.3 is 0 Å². The lowest BCUT2D eigenvalue weighted by Crippen LogP contribution is -2.24. The Kier molecular flexibility index (Phi) is 8.40. The Labute approximate surface area is 197 Å². The van der Waals surface area contributed by atoms with Crippen LogP contribution in [0.2, 0.25) is 0 Å². The minimum absolute atomic E-state index is 0.0723. The van der Waals surface area contributed by atoms with Gasteiger partial charge < -0.3 is 14.6 Å². The number of aryl methyl sites for hydroxylation is 2. The molecule has 0 radical (unpaired) electrons. The summed E-state index contributed by atoms with van der Waals surface area (Å²) in [6, 6.07) is 15.9. The van der Waals surface area contributed by atoms with Crippen LogP contribution in [0, 0.1) is 5.92 Å². The van der Waals surface area contributed by atoms with Crippen LogP contribution in [0.3, 0.4) is 0 Å². The molecule has 176 valence electrons. The SMILES string of the molecule is COc1ccccc1C(=O)NCCCCCc1nc2ccccc2n1CCC1CCCCC1. The molecule has 0 spiro atoms. The fourth-order valence-electron chi connectivity index (χ4n) is 5.07. The van der Waals surface area contributed by atoms with E-state index in [2.05, 4.69) is 34.1 Å². The van der Waals surface area contributed by atoms with E-state index in [1.54, 1.807) is 13.2 Å². The number of hydrogen-bond acceptors (Lipinski definition) is 3. The van der Waals surface area contributed by atoms with Crippen molar-refractivity contribution >= 4 is 16.9 Å². The van der Waals surface area contributed by atoms with Gasteiger partial charge in [-0.25, -0.2) is 4.98 Å². The highest BCUT2D eigenvalue weighted by atomic mass is 16.5. The van der Waals surface area contributed by atoms with Crippen LogP contribution in [0.1, 0.15) is 74.0 Å². The first kappa shape index (κ1) is 23.3. The number of rotatable bonds is 11. The molecular weight excluding hydrogens is 410 g/mol. The molecule has 1 fully saturated rings. The number of nitrogens with one attached hydrogen (secondary N) is 1. The molecule has 5 nitrogen and oxygen atoms in total. The molecule has 1 aliphatic rings. The second-order valence-corrected chi connectivity index (χ2v) is 9.23. The zero-order valence-electron chi connectivity index (χ0n) is 19.9. The Hall–Kier alpha value is -2.82. The maximum Gasteiger partial charge on any atom is 0.255 e. The third-order valence-corrected chi connectivity index (χ3v) is 6.93. The number of methoxy groups -OCH3 is 1. The Morgan fingerprint density at radius 2 is 1.82 bits per heavy atom. The average molecular weight is 448 g/mol. The van der Waals surface area contributed by atoms with Crippen molar-refractivity contribution in [1.82, 2.24) is 14.9 Å². The molecule has 4 rings (SSSR count). The molecular formula is C28H37N3O2. The Balaban J connectivity index is 1.26. The normalized spacial score (nSPS) is 14.5. The zero-order valence-corrected chi connectivity index (χ0v) is 19.9. The van der Waals surface area contributed by atoms with Crippen molar-refractivity contribution in [3.05, 3.63) is 59.9 Å². The minimum Gasteiger partial charge on any atom is -0.496 e. The van der Waals surface area contributed by atoms with E-state index >= 15 is 0 Å². The van der Waals surface area contributed by atoms with E-state index in [0.717, 1.165) is 43.7 Å². The lowest BCUT2D eigenvalue weighted by molar-refractivity contribution is 0.0950. The Morgan fingerprint density at radius 1 is 1.03 bits per heavy atom. The smallest absolute Gasteiger partial charge is 0.255 e. The van der Waals surface area contributed by atoms with E-state index in [-0.39, 0.29) is 5.91 Å². The second-order valence-electron chi connectivity index (χ2n) is 9.23. The number of para-hydroxylation sites is 3. The van der Waals surface area contributed by atoms with E-state index in [0.29, 0.717) is 17.9 Å². The van der Waals surface area contributed by atoms with Crippen molar-refractivity contribution in [2.45, 2.75) is 70.8 Å². The minimum atomic E-state index is -0.0723. The van der Waals surface area contributed by atoms with Gasteiger partial charge in [0.1, 0.15) is 11.6 Å². The highest BCUT2D eigenvalue weighted by Crippen LogP contribution is 2.28. The van der Waals surface area contributed by atoms with Crippen LogP contribution in [-0.2, 0) is 13.0 Å². The first-order valence-corrected chi connectivity index (χ1v) is 12.6. The molecule has 1 saturated carbocycles. The van der Waals surface area contributed by atoms with E-state index in [4.69, 9.17) is 9.72 Å². The van der Waals surface area contributed by atoms with Crippen molar-refractivity contribution in [1.29, 1.82) is 0 Å². The number of hydrogen-bond donors (Lipinski definition) is 1. The molecule has 1 heterocycles. The quantitative estimate of drug-likeness (QED) is 0.358. The molecule has 1 N–H and O–H groups in total. The molecule has 0 atom stereocenters. The van der Waals surface area contributed by atoms with Crippen molar-refractivity contribution < 1.29 is 9.53 Å². The van der Waals surface area contributed by atoms with Crippen molar-refractivity contribution in [3.8, 4) is 5.75 Å². The van der Waals surface area contributed by atoms with Gasteiger partial charge in [-0.2, -0.15) is 0 Å². The number of ether oxygens (including phenoxy) is 1. The van der Waals surface area contributed by atoms with Gasteiger partial charge in [0.25, 0.3) is 5.91 Å². The summed E-state index contributed by atoms with van der Waals surface area (Å²) in [4.78, 5) is 17.4. The van der Waals surface area contributed by atoms with Crippen molar-refractivity contribution in [2.24, 2.45) is 5.92 Å². The summed E-state index contributed by atoms with van der Waals surface area (Å²) in [5.74, 6) is 2.63. The molecule has 5 heteroatoms. The summed E-state index contributed by atoms with van der Waals surface area (Å²) >= 11 is 0. The first-order chi connectivity index (χ1) is 16.3. The van der Waals surface area contributed by atoms with Crippen LogP contribution in [0.5, 0.6) is 5.75 Å². The number of carbonyl (C=O) groups excluding carboxylic acids is 1. The van der Waals surface area contributed by atoms with Gasteiger partial charge in [-0.1, -0.05) is 62.8 Å². The lowest BCUT2D eigenvalue weighted by atomic mass is 9.87. The standard InChI is InChI=1S/C28H37N3O2/c1-33-26-17-10-7-14-23(26)28(32)29-20-11-3-6-18-27-30-24-15-8-9-16-25(24)31(27)21-19-22-12-4-2-5-13-22/h7-10,14-17,22H,2-6,11-13,18-21H2,1H3,(H,29,32).